The van der Waals surface area contributed by atoms with Crippen LogP contribution >= 0.6 is 0 Å². The molecular weight excluding hydrogens is 357 g/mol. The monoisotopic (exact) mass is 376 g/mol. The Kier molecular flexibility index (Phi) is 5.21. The minimum Gasteiger partial charge on any atom is -0.325 e. The van der Waals surface area contributed by atoms with Crippen LogP contribution in [0, 0.1) is 30.3 Å². The summed E-state index contributed by atoms with van der Waals surface area (Å²) in [6.07, 6.45) is 0.602. The highest BCUT2D eigenvalue weighted by atomic mass is 19.2. The highest BCUT2D eigenvalue weighted by Crippen LogP contribution is 2.31. The molecule has 2 amide bonds. The number of aryl methyl sites for hydroxylation is 2. The van der Waals surface area contributed by atoms with Gasteiger partial charge in [-0.15, -0.1) is 0 Å². The van der Waals surface area contributed by atoms with Crippen molar-refractivity contribution in [3.63, 3.8) is 0 Å². The van der Waals surface area contributed by atoms with Gasteiger partial charge in [-0.05, 0) is 36.6 Å². The number of nitrogens with zero attached hydrogens (tertiary/aromatic N) is 1. The largest absolute Gasteiger partial charge is 0.325 e. The molecule has 1 atom stereocenters. The van der Waals surface area contributed by atoms with E-state index in [-0.39, 0.29) is 24.6 Å². The molecule has 142 valence electrons. The third-order valence-electron chi connectivity index (χ3n) is 4.79. The second-order valence-electron chi connectivity index (χ2n) is 6.55. The van der Waals surface area contributed by atoms with Crippen LogP contribution in [0.2, 0.25) is 0 Å². The number of anilines is 2. The molecule has 27 heavy (non-hydrogen) atoms. The predicted molar refractivity (Wildman–Crippen MR) is 96.0 cm³/mol. The Morgan fingerprint density at radius 3 is 2.63 bits per heavy atom. The number of hydrogen-bond donors (Lipinski definition) is 1. The first-order valence-corrected chi connectivity index (χ1v) is 8.66. The lowest BCUT2D eigenvalue weighted by Gasteiger charge is -2.18. The Balaban J connectivity index is 1.80. The molecule has 1 unspecified atom stereocenters. The van der Waals surface area contributed by atoms with Gasteiger partial charge in [-0.2, -0.15) is 0 Å². The minimum atomic E-state index is -1.64. The summed E-state index contributed by atoms with van der Waals surface area (Å²) in [6, 6.07) is 7.44. The SMILES string of the molecule is CCc1cccc(C)c1NC(=O)C1CC(=O)N(c2ccc(F)c(F)c2F)C1. The molecule has 1 saturated heterocycles. The molecule has 0 aromatic heterocycles. The molecule has 1 fully saturated rings. The molecular formula is C20H19F3N2O2. The van der Waals surface area contributed by atoms with Gasteiger partial charge < -0.3 is 10.2 Å². The molecule has 1 aliphatic rings. The van der Waals surface area contributed by atoms with E-state index in [9.17, 15) is 22.8 Å². The number of benzene rings is 2. The standard InChI is InChI=1S/C20H19F3N2O2/c1-3-12-6-4-5-11(2)19(12)24-20(27)13-9-16(26)25(10-13)15-8-7-14(21)17(22)18(15)23/h4-8,13H,3,9-10H2,1-2H3,(H,24,27). The van der Waals surface area contributed by atoms with E-state index < -0.39 is 29.3 Å². The average Bonchev–Trinajstić information content (AvgIpc) is 3.03. The fourth-order valence-electron chi connectivity index (χ4n) is 3.27. The van der Waals surface area contributed by atoms with Gasteiger partial charge in [0, 0.05) is 18.7 Å². The van der Waals surface area contributed by atoms with E-state index in [0.29, 0.717) is 5.69 Å². The zero-order chi connectivity index (χ0) is 19.7. The molecule has 0 spiro atoms. The number of amides is 2. The zero-order valence-electron chi connectivity index (χ0n) is 15.0. The van der Waals surface area contributed by atoms with Crippen molar-refractivity contribution in [2.75, 3.05) is 16.8 Å². The molecule has 2 aromatic carbocycles. The molecule has 0 bridgehead atoms. The van der Waals surface area contributed by atoms with Gasteiger partial charge in [-0.1, -0.05) is 25.1 Å². The molecule has 1 heterocycles. The third-order valence-corrected chi connectivity index (χ3v) is 4.79. The van der Waals surface area contributed by atoms with E-state index in [2.05, 4.69) is 5.32 Å². The number of para-hydroxylation sites is 1. The van der Waals surface area contributed by atoms with Crippen LogP contribution in [0.15, 0.2) is 30.3 Å². The lowest BCUT2D eigenvalue weighted by Crippen LogP contribution is -2.29. The Morgan fingerprint density at radius 1 is 1.19 bits per heavy atom. The first kappa shape index (κ1) is 18.9. The fourth-order valence-corrected chi connectivity index (χ4v) is 3.27. The van der Waals surface area contributed by atoms with Crippen molar-refractivity contribution in [1.29, 1.82) is 0 Å². The van der Waals surface area contributed by atoms with Gasteiger partial charge in [-0.3, -0.25) is 9.59 Å². The van der Waals surface area contributed by atoms with Gasteiger partial charge >= 0.3 is 0 Å². The van der Waals surface area contributed by atoms with Crippen LogP contribution in [-0.2, 0) is 16.0 Å². The van der Waals surface area contributed by atoms with Crippen molar-refractivity contribution >= 4 is 23.2 Å². The normalized spacial score (nSPS) is 16.7. The van der Waals surface area contributed by atoms with Gasteiger partial charge in [0.1, 0.15) is 0 Å². The van der Waals surface area contributed by atoms with Crippen LogP contribution in [0.1, 0.15) is 24.5 Å². The van der Waals surface area contributed by atoms with Gasteiger partial charge in [0.2, 0.25) is 11.8 Å². The summed E-state index contributed by atoms with van der Waals surface area (Å²) in [5, 5.41) is 2.85. The van der Waals surface area contributed by atoms with Crippen molar-refractivity contribution < 1.29 is 22.8 Å². The summed E-state index contributed by atoms with van der Waals surface area (Å²) in [6.45, 7) is 3.74. The molecule has 0 radical (unpaired) electrons. The molecule has 7 heteroatoms. The maximum Gasteiger partial charge on any atom is 0.229 e. The van der Waals surface area contributed by atoms with Crippen molar-refractivity contribution in [3.05, 3.63) is 58.9 Å². The number of nitrogens with one attached hydrogen (secondary N) is 1. The summed E-state index contributed by atoms with van der Waals surface area (Å²) in [5.74, 6) is -5.99. The first-order chi connectivity index (χ1) is 12.8. The Hall–Kier alpha value is -2.83. The van der Waals surface area contributed by atoms with Crippen LogP contribution in [0.25, 0.3) is 0 Å². The number of halogens is 3. The summed E-state index contributed by atoms with van der Waals surface area (Å²) in [5.41, 5.74) is 2.21. The van der Waals surface area contributed by atoms with Gasteiger partial charge in [0.25, 0.3) is 0 Å². The quantitative estimate of drug-likeness (QED) is 0.821. The molecule has 2 aromatic rings. The molecule has 1 N–H and O–H groups in total. The van der Waals surface area contributed by atoms with Crippen molar-refractivity contribution in [2.24, 2.45) is 5.92 Å². The van der Waals surface area contributed by atoms with E-state index in [1.165, 1.54) is 0 Å². The topological polar surface area (TPSA) is 49.4 Å². The highest BCUT2D eigenvalue weighted by Gasteiger charge is 2.37. The third kappa shape index (κ3) is 3.54. The molecule has 0 saturated carbocycles. The lowest BCUT2D eigenvalue weighted by molar-refractivity contribution is -0.122. The van der Waals surface area contributed by atoms with Crippen LogP contribution in [0.3, 0.4) is 0 Å². The molecule has 3 rings (SSSR count). The maximum atomic E-state index is 14.0. The van der Waals surface area contributed by atoms with Crippen molar-refractivity contribution in [1.82, 2.24) is 0 Å². The molecule has 1 aliphatic heterocycles. The predicted octanol–water partition coefficient (Wildman–Crippen LogP) is 3.97. The first-order valence-electron chi connectivity index (χ1n) is 8.66. The van der Waals surface area contributed by atoms with Crippen molar-refractivity contribution in [3.8, 4) is 0 Å². The minimum absolute atomic E-state index is 0.0972. The van der Waals surface area contributed by atoms with Crippen LogP contribution in [0.4, 0.5) is 24.5 Å². The van der Waals surface area contributed by atoms with Crippen molar-refractivity contribution in [2.45, 2.75) is 26.7 Å². The summed E-state index contributed by atoms with van der Waals surface area (Å²) in [7, 11) is 0. The van der Waals surface area contributed by atoms with E-state index in [1.807, 2.05) is 32.0 Å². The van der Waals surface area contributed by atoms with Gasteiger partial charge in [0.15, 0.2) is 17.5 Å². The fraction of sp³-hybridized carbons (Fsp3) is 0.300. The molecule has 4 nitrogen and oxygen atoms in total. The summed E-state index contributed by atoms with van der Waals surface area (Å²) in [4.78, 5) is 25.9. The summed E-state index contributed by atoms with van der Waals surface area (Å²) >= 11 is 0. The average molecular weight is 376 g/mol. The number of rotatable bonds is 4. The number of carbonyl (C=O) groups excluding carboxylic acids is 2. The van der Waals surface area contributed by atoms with Crippen LogP contribution < -0.4 is 10.2 Å². The molecule has 0 aliphatic carbocycles. The highest BCUT2D eigenvalue weighted by molar-refractivity contribution is 6.04. The zero-order valence-corrected chi connectivity index (χ0v) is 15.0. The van der Waals surface area contributed by atoms with E-state index in [1.54, 1.807) is 0 Å². The van der Waals surface area contributed by atoms with E-state index in [4.69, 9.17) is 0 Å². The second-order valence-corrected chi connectivity index (χ2v) is 6.55. The van der Waals surface area contributed by atoms with E-state index >= 15 is 0 Å². The number of hydrogen-bond acceptors (Lipinski definition) is 2. The number of carbonyl (C=O) groups is 2. The van der Waals surface area contributed by atoms with Crippen LogP contribution in [-0.4, -0.2) is 18.4 Å². The Morgan fingerprint density at radius 2 is 1.93 bits per heavy atom. The van der Waals surface area contributed by atoms with Crippen LogP contribution in [0.5, 0.6) is 0 Å². The van der Waals surface area contributed by atoms with Gasteiger partial charge in [0.05, 0.1) is 11.6 Å². The lowest BCUT2D eigenvalue weighted by atomic mass is 10.0. The second kappa shape index (κ2) is 7.42. The smallest absolute Gasteiger partial charge is 0.229 e. The Bertz CT molecular complexity index is 914. The summed E-state index contributed by atoms with van der Waals surface area (Å²) < 4.78 is 40.6. The Labute approximate surface area is 155 Å². The van der Waals surface area contributed by atoms with Gasteiger partial charge in [-0.25, -0.2) is 13.2 Å². The van der Waals surface area contributed by atoms with E-state index in [0.717, 1.165) is 34.6 Å². The maximum absolute atomic E-state index is 14.0.